The van der Waals surface area contributed by atoms with Crippen molar-refractivity contribution in [3.8, 4) is 5.75 Å². The average Bonchev–Trinajstić information content (AvgIpc) is 2.47. The molecule has 2 aromatic carbocycles. The normalized spacial score (nSPS) is 12.2. The Hall–Kier alpha value is -1.46. The summed E-state index contributed by atoms with van der Waals surface area (Å²) in [4.78, 5) is 0. The van der Waals surface area contributed by atoms with Crippen LogP contribution >= 0.6 is 15.9 Å². The lowest BCUT2D eigenvalue weighted by Gasteiger charge is -2.16. The fourth-order valence-electron chi connectivity index (χ4n) is 2.04. The Balaban J connectivity index is 2.08. The number of rotatable bonds is 5. The third-order valence-electron chi connectivity index (χ3n) is 3.28. The van der Waals surface area contributed by atoms with Crippen molar-refractivity contribution in [2.24, 2.45) is 0 Å². The molecule has 0 amide bonds. The molecule has 0 aromatic heterocycles. The van der Waals surface area contributed by atoms with E-state index in [0.29, 0.717) is 23.4 Å². The van der Waals surface area contributed by atoms with Gasteiger partial charge in [-0.1, -0.05) is 22.0 Å². The lowest BCUT2D eigenvalue weighted by molar-refractivity contribution is 0.409. The van der Waals surface area contributed by atoms with E-state index in [1.165, 1.54) is 19.2 Å². The van der Waals surface area contributed by atoms with Crippen molar-refractivity contribution >= 4 is 15.9 Å². The Morgan fingerprint density at radius 2 is 1.90 bits per heavy atom. The molecular formula is C16H16BrF2NO. The molecule has 2 rings (SSSR count). The van der Waals surface area contributed by atoms with Gasteiger partial charge in [0.15, 0.2) is 0 Å². The maximum atomic E-state index is 14.0. The smallest absolute Gasteiger partial charge is 0.131 e. The predicted octanol–water partition coefficient (Wildman–Crippen LogP) is 4.59. The minimum atomic E-state index is -0.343. The second kappa shape index (κ2) is 7.00. The molecule has 1 atom stereocenters. The maximum Gasteiger partial charge on any atom is 0.131 e. The summed E-state index contributed by atoms with van der Waals surface area (Å²) in [5.41, 5.74) is 1.05. The molecule has 5 heteroatoms. The highest BCUT2D eigenvalue weighted by atomic mass is 79.9. The highest BCUT2D eigenvalue weighted by Gasteiger charge is 2.12. The first-order valence-corrected chi connectivity index (χ1v) is 7.31. The van der Waals surface area contributed by atoms with Crippen molar-refractivity contribution in [2.45, 2.75) is 19.5 Å². The number of hydrogen-bond donors (Lipinski definition) is 1. The van der Waals surface area contributed by atoms with Crippen molar-refractivity contribution in [3.63, 3.8) is 0 Å². The summed E-state index contributed by atoms with van der Waals surface area (Å²) in [7, 11) is 1.49. The number of hydrogen-bond acceptors (Lipinski definition) is 2. The minimum absolute atomic E-state index is 0.241. The van der Waals surface area contributed by atoms with Crippen LogP contribution in [-0.2, 0) is 6.54 Å². The van der Waals surface area contributed by atoms with Gasteiger partial charge in [-0.25, -0.2) is 8.78 Å². The van der Waals surface area contributed by atoms with Gasteiger partial charge in [0.2, 0.25) is 0 Å². The lowest BCUT2D eigenvalue weighted by atomic mass is 10.1. The van der Waals surface area contributed by atoms with Gasteiger partial charge in [-0.05, 0) is 31.2 Å². The second-order valence-corrected chi connectivity index (χ2v) is 5.64. The van der Waals surface area contributed by atoms with E-state index in [9.17, 15) is 8.78 Å². The highest BCUT2D eigenvalue weighted by molar-refractivity contribution is 9.10. The van der Waals surface area contributed by atoms with Crippen LogP contribution in [0.15, 0.2) is 40.9 Å². The van der Waals surface area contributed by atoms with Crippen molar-refractivity contribution in [3.05, 3.63) is 63.6 Å². The first-order chi connectivity index (χ1) is 10.0. The molecule has 0 saturated heterocycles. The summed E-state index contributed by atoms with van der Waals surface area (Å²) in [5, 5.41) is 3.12. The van der Waals surface area contributed by atoms with Crippen LogP contribution in [0.2, 0.25) is 0 Å². The molecule has 2 aromatic rings. The van der Waals surface area contributed by atoms with Crippen molar-refractivity contribution in [2.75, 3.05) is 7.11 Å². The van der Waals surface area contributed by atoms with Gasteiger partial charge < -0.3 is 10.1 Å². The van der Waals surface area contributed by atoms with E-state index in [2.05, 4.69) is 21.2 Å². The molecule has 0 radical (unpaired) electrons. The molecule has 0 spiro atoms. The van der Waals surface area contributed by atoms with E-state index in [1.807, 2.05) is 6.92 Å². The third-order valence-corrected chi connectivity index (χ3v) is 3.77. The molecule has 21 heavy (non-hydrogen) atoms. The molecule has 1 unspecified atom stereocenters. The van der Waals surface area contributed by atoms with Crippen LogP contribution in [0.3, 0.4) is 0 Å². The number of ether oxygens (including phenoxy) is 1. The zero-order chi connectivity index (χ0) is 15.4. The van der Waals surface area contributed by atoms with Crippen LogP contribution in [-0.4, -0.2) is 7.11 Å². The van der Waals surface area contributed by atoms with E-state index in [-0.39, 0.29) is 17.7 Å². The summed E-state index contributed by atoms with van der Waals surface area (Å²) < 4.78 is 33.4. The molecule has 1 N–H and O–H groups in total. The van der Waals surface area contributed by atoms with Gasteiger partial charge in [-0.3, -0.25) is 0 Å². The van der Waals surface area contributed by atoms with Crippen LogP contribution in [0, 0.1) is 11.6 Å². The molecule has 112 valence electrons. The molecule has 0 heterocycles. The maximum absolute atomic E-state index is 14.0. The number of methoxy groups -OCH3 is 1. The average molecular weight is 356 g/mol. The van der Waals surface area contributed by atoms with Crippen molar-refractivity contribution in [1.82, 2.24) is 5.32 Å². The van der Waals surface area contributed by atoms with Gasteiger partial charge in [0, 0.05) is 34.3 Å². The lowest BCUT2D eigenvalue weighted by Crippen LogP contribution is -2.19. The second-order valence-electron chi connectivity index (χ2n) is 4.73. The Labute approximate surface area is 131 Å². The number of benzene rings is 2. The molecule has 2 nitrogen and oxygen atoms in total. The summed E-state index contributed by atoms with van der Waals surface area (Å²) >= 11 is 3.31. The molecule has 0 fully saturated rings. The van der Waals surface area contributed by atoms with Gasteiger partial charge in [0.25, 0.3) is 0 Å². The largest absolute Gasteiger partial charge is 0.497 e. The zero-order valence-electron chi connectivity index (χ0n) is 11.8. The van der Waals surface area contributed by atoms with E-state index < -0.39 is 0 Å². The van der Waals surface area contributed by atoms with Crippen LogP contribution in [0.25, 0.3) is 0 Å². The SMILES string of the molecule is COc1ccc(C(C)NCc2cc(Br)ccc2F)c(F)c1. The van der Waals surface area contributed by atoms with Gasteiger partial charge in [-0.2, -0.15) is 0 Å². The number of nitrogens with one attached hydrogen (secondary N) is 1. The first kappa shape index (κ1) is 15.9. The quantitative estimate of drug-likeness (QED) is 0.846. The van der Waals surface area contributed by atoms with Crippen molar-refractivity contribution < 1.29 is 13.5 Å². The van der Waals surface area contributed by atoms with Gasteiger partial charge in [-0.15, -0.1) is 0 Å². The van der Waals surface area contributed by atoms with Crippen LogP contribution in [0.5, 0.6) is 5.75 Å². The van der Waals surface area contributed by atoms with Crippen LogP contribution < -0.4 is 10.1 Å². The van der Waals surface area contributed by atoms with E-state index in [1.54, 1.807) is 24.3 Å². The standard InChI is InChI=1S/C16H16BrF2NO/c1-10(14-5-4-13(21-2)8-16(14)19)20-9-11-7-12(17)3-6-15(11)18/h3-8,10,20H,9H2,1-2H3. The summed E-state index contributed by atoms with van der Waals surface area (Å²) in [6.45, 7) is 2.15. The van der Waals surface area contributed by atoms with Gasteiger partial charge in [0.05, 0.1) is 7.11 Å². The van der Waals surface area contributed by atoms with E-state index in [4.69, 9.17) is 4.74 Å². The number of halogens is 3. The van der Waals surface area contributed by atoms with E-state index >= 15 is 0 Å². The summed E-state index contributed by atoms with van der Waals surface area (Å²) in [6, 6.07) is 9.23. The molecule has 0 saturated carbocycles. The fourth-order valence-corrected chi connectivity index (χ4v) is 2.45. The third kappa shape index (κ3) is 4.02. The first-order valence-electron chi connectivity index (χ1n) is 6.52. The molecule has 0 aliphatic heterocycles. The van der Waals surface area contributed by atoms with E-state index in [0.717, 1.165) is 4.47 Å². The van der Waals surface area contributed by atoms with Crippen LogP contribution in [0.4, 0.5) is 8.78 Å². The Morgan fingerprint density at radius 1 is 1.14 bits per heavy atom. The Bertz CT molecular complexity index is 634. The van der Waals surface area contributed by atoms with Gasteiger partial charge >= 0.3 is 0 Å². The summed E-state index contributed by atoms with van der Waals surface area (Å²) in [6.07, 6.45) is 0. The van der Waals surface area contributed by atoms with Crippen LogP contribution in [0.1, 0.15) is 24.1 Å². The monoisotopic (exact) mass is 355 g/mol. The fraction of sp³-hybridized carbons (Fsp3) is 0.250. The molecular weight excluding hydrogens is 340 g/mol. The summed E-state index contributed by atoms with van der Waals surface area (Å²) in [5.74, 6) is -0.154. The molecule has 0 aliphatic rings. The Kier molecular flexibility index (Phi) is 5.31. The van der Waals surface area contributed by atoms with Crippen molar-refractivity contribution in [1.29, 1.82) is 0 Å². The zero-order valence-corrected chi connectivity index (χ0v) is 13.4. The Morgan fingerprint density at radius 3 is 2.57 bits per heavy atom. The van der Waals surface area contributed by atoms with Gasteiger partial charge in [0.1, 0.15) is 17.4 Å². The highest BCUT2D eigenvalue weighted by Crippen LogP contribution is 2.22. The molecule has 0 aliphatic carbocycles. The minimum Gasteiger partial charge on any atom is -0.497 e. The topological polar surface area (TPSA) is 21.3 Å². The molecule has 0 bridgehead atoms. The predicted molar refractivity (Wildman–Crippen MR) is 82.3 cm³/mol.